The molecule has 3 rings (SSSR count). The van der Waals surface area contributed by atoms with Crippen LogP contribution in [0.25, 0.3) is 10.9 Å². The molecule has 6 nitrogen and oxygen atoms in total. The lowest BCUT2D eigenvalue weighted by atomic mass is 10.1. The number of benzene rings is 2. The van der Waals surface area contributed by atoms with E-state index in [-0.39, 0.29) is 12.3 Å². The minimum Gasteiger partial charge on any atom is -0.496 e. The predicted molar refractivity (Wildman–Crippen MR) is 95.3 cm³/mol. The molecule has 0 saturated carbocycles. The van der Waals surface area contributed by atoms with E-state index in [1.54, 1.807) is 31.5 Å². The molecule has 3 N–H and O–H groups in total. The average Bonchev–Trinajstić information content (AvgIpc) is 3.03. The molecule has 0 aliphatic carbocycles. The van der Waals surface area contributed by atoms with E-state index in [9.17, 15) is 9.59 Å². The highest BCUT2D eigenvalue weighted by Gasteiger charge is 2.12. The van der Waals surface area contributed by atoms with Crippen LogP contribution in [0.2, 0.25) is 0 Å². The van der Waals surface area contributed by atoms with Gasteiger partial charge >= 0.3 is 0 Å². The molecule has 1 aromatic heterocycles. The summed E-state index contributed by atoms with van der Waals surface area (Å²) >= 11 is 0. The molecule has 0 radical (unpaired) electrons. The van der Waals surface area contributed by atoms with E-state index < -0.39 is 5.91 Å². The van der Waals surface area contributed by atoms with Crippen LogP contribution in [0.1, 0.15) is 21.5 Å². The first-order valence-electron chi connectivity index (χ1n) is 7.87. The van der Waals surface area contributed by atoms with Crippen LogP contribution in [-0.4, -0.2) is 23.9 Å². The summed E-state index contributed by atoms with van der Waals surface area (Å²) in [6.07, 6.45) is 1.97. The van der Waals surface area contributed by atoms with Crippen LogP contribution in [0.5, 0.6) is 5.75 Å². The maximum Gasteiger partial charge on any atom is 0.269 e. The number of H-pyrrole nitrogens is 1. The number of para-hydroxylation sites is 1. The fraction of sp³-hybridized carbons (Fsp3) is 0.158. The van der Waals surface area contributed by atoms with Crippen LogP contribution in [-0.2, 0) is 11.2 Å². The fourth-order valence-electron chi connectivity index (χ4n) is 2.65. The van der Waals surface area contributed by atoms with Gasteiger partial charge in [0.05, 0.1) is 13.5 Å². The first-order chi connectivity index (χ1) is 12.1. The Balaban J connectivity index is 1.61. The number of ether oxygens (including phenoxy) is 1. The van der Waals surface area contributed by atoms with Crippen molar-refractivity contribution >= 4 is 22.7 Å². The van der Waals surface area contributed by atoms with Gasteiger partial charge in [0.1, 0.15) is 5.75 Å². The maximum atomic E-state index is 12.2. The number of rotatable bonds is 4. The second-order valence-corrected chi connectivity index (χ2v) is 5.72. The zero-order valence-electron chi connectivity index (χ0n) is 14.1. The molecule has 25 heavy (non-hydrogen) atoms. The Hall–Kier alpha value is -3.28. The summed E-state index contributed by atoms with van der Waals surface area (Å²) in [5.41, 5.74) is 8.06. The van der Waals surface area contributed by atoms with Gasteiger partial charge in [0.2, 0.25) is 5.91 Å². The van der Waals surface area contributed by atoms with Gasteiger partial charge in [-0.3, -0.25) is 20.4 Å². The van der Waals surface area contributed by atoms with Crippen molar-refractivity contribution in [1.82, 2.24) is 15.8 Å². The Labute approximate surface area is 145 Å². The Morgan fingerprint density at radius 2 is 1.92 bits per heavy atom. The van der Waals surface area contributed by atoms with E-state index in [0.717, 1.165) is 22.0 Å². The van der Waals surface area contributed by atoms with Gasteiger partial charge in [-0.1, -0.05) is 24.3 Å². The molecule has 0 spiro atoms. The number of amides is 2. The number of aromatic nitrogens is 1. The van der Waals surface area contributed by atoms with E-state index in [4.69, 9.17) is 4.74 Å². The highest BCUT2D eigenvalue weighted by atomic mass is 16.5. The second kappa shape index (κ2) is 7.09. The van der Waals surface area contributed by atoms with Crippen molar-refractivity contribution in [3.8, 4) is 5.75 Å². The summed E-state index contributed by atoms with van der Waals surface area (Å²) in [6.45, 7) is 1.89. The molecule has 0 bridgehead atoms. The van der Waals surface area contributed by atoms with Crippen LogP contribution in [0.4, 0.5) is 0 Å². The van der Waals surface area contributed by atoms with E-state index >= 15 is 0 Å². The monoisotopic (exact) mass is 337 g/mol. The molecule has 0 atom stereocenters. The third-order valence-corrected chi connectivity index (χ3v) is 4.01. The number of hydrogen-bond acceptors (Lipinski definition) is 3. The molecular formula is C19H19N3O3. The number of methoxy groups -OCH3 is 1. The number of aromatic amines is 1. The quantitative estimate of drug-likeness (QED) is 0.640. The Morgan fingerprint density at radius 3 is 2.72 bits per heavy atom. The minimum absolute atomic E-state index is 0.168. The molecule has 0 aliphatic rings. The molecule has 0 saturated heterocycles. The topological polar surface area (TPSA) is 83.2 Å². The van der Waals surface area contributed by atoms with Crippen molar-refractivity contribution in [3.63, 3.8) is 0 Å². The van der Waals surface area contributed by atoms with Gasteiger partial charge in [0, 0.05) is 22.7 Å². The van der Waals surface area contributed by atoms with Gasteiger partial charge in [-0.2, -0.15) is 0 Å². The van der Waals surface area contributed by atoms with E-state index in [1.807, 2.05) is 31.2 Å². The van der Waals surface area contributed by atoms with Gasteiger partial charge in [-0.05, 0) is 36.2 Å². The average molecular weight is 337 g/mol. The summed E-state index contributed by atoms with van der Waals surface area (Å²) in [7, 11) is 1.55. The number of carbonyl (C=O) groups is 2. The molecular weight excluding hydrogens is 318 g/mol. The van der Waals surface area contributed by atoms with Gasteiger partial charge in [-0.25, -0.2) is 0 Å². The molecule has 0 fully saturated rings. The molecule has 3 aromatic rings. The van der Waals surface area contributed by atoms with E-state index in [0.29, 0.717) is 11.3 Å². The molecule has 2 amide bonds. The number of carbonyl (C=O) groups excluding carboxylic acids is 2. The summed E-state index contributed by atoms with van der Waals surface area (Å²) in [5, 5.41) is 0.993. The Bertz CT molecular complexity index is 931. The SMILES string of the molecule is COc1cc(C(=O)NNC(=O)Cc2c[nH]c3ccccc23)ccc1C. The first-order valence-corrected chi connectivity index (χ1v) is 7.87. The standard InChI is InChI=1S/C19H19N3O3/c1-12-7-8-13(9-17(12)25-2)19(24)22-21-18(23)10-14-11-20-16-6-4-3-5-15(14)16/h3-9,11,20H,10H2,1-2H3,(H,21,23)(H,22,24). The van der Waals surface area contributed by atoms with Crippen LogP contribution in [0.15, 0.2) is 48.7 Å². The molecule has 128 valence electrons. The lowest BCUT2D eigenvalue weighted by Crippen LogP contribution is -2.42. The van der Waals surface area contributed by atoms with Gasteiger partial charge < -0.3 is 9.72 Å². The van der Waals surface area contributed by atoms with Gasteiger partial charge in [0.15, 0.2) is 0 Å². The molecule has 1 heterocycles. The van der Waals surface area contributed by atoms with Crippen LogP contribution in [0.3, 0.4) is 0 Å². The normalized spacial score (nSPS) is 10.5. The number of fused-ring (bicyclic) bond motifs is 1. The number of nitrogens with one attached hydrogen (secondary N) is 3. The molecule has 0 unspecified atom stereocenters. The second-order valence-electron chi connectivity index (χ2n) is 5.72. The maximum absolute atomic E-state index is 12.2. The molecule has 2 aromatic carbocycles. The highest BCUT2D eigenvalue weighted by molar-refractivity contribution is 5.96. The van der Waals surface area contributed by atoms with Crippen molar-refractivity contribution in [2.45, 2.75) is 13.3 Å². The lowest BCUT2D eigenvalue weighted by molar-refractivity contribution is -0.121. The van der Waals surface area contributed by atoms with E-state index in [2.05, 4.69) is 15.8 Å². The van der Waals surface area contributed by atoms with Crippen molar-refractivity contribution in [2.75, 3.05) is 7.11 Å². The minimum atomic E-state index is -0.398. The van der Waals surface area contributed by atoms with Crippen LogP contribution >= 0.6 is 0 Å². The zero-order chi connectivity index (χ0) is 17.8. The zero-order valence-corrected chi connectivity index (χ0v) is 14.1. The molecule has 6 heteroatoms. The largest absolute Gasteiger partial charge is 0.496 e. The lowest BCUT2D eigenvalue weighted by Gasteiger charge is -2.09. The molecule has 0 aliphatic heterocycles. The van der Waals surface area contributed by atoms with Gasteiger partial charge in [-0.15, -0.1) is 0 Å². The van der Waals surface area contributed by atoms with Crippen molar-refractivity contribution in [2.24, 2.45) is 0 Å². The smallest absolute Gasteiger partial charge is 0.269 e. The van der Waals surface area contributed by atoms with Crippen molar-refractivity contribution in [3.05, 3.63) is 65.4 Å². The third kappa shape index (κ3) is 3.63. The summed E-state index contributed by atoms with van der Waals surface area (Å²) in [4.78, 5) is 27.4. The van der Waals surface area contributed by atoms with Crippen LogP contribution in [0, 0.1) is 6.92 Å². The van der Waals surface area contributed by atoms with Crippen molar-refractivity contribution < 1.29 is 14.3 Å². The van der Waals surface area contributed by atoms with Crippen LogP contribution < -0.4 is 15.6 Å². The predicted octanol–water partition coefficient (Wildman–Crippen LogP) is 2.49. The van der Waals surface area contributed by atoms with E-state index in [1.165, 1.54) is 0 Å². The fourth-order valence-corrected chi connectivity index (χ4v) is 2.65. The highest BCUT2D eigenvalue weighted by Crippen LogP contribution is 2.19. The Morgan fingerprint density at radius 1 is 1.12 bits per heavy atom. The first kappa shape index (κ1) is 16.6. The number of aryl methyl sites for hydroxylation is 1. The summed E-state index contributed by atoms with van der Waals surface area (Å²) in [6, 6.07) is 12.9. The summed E-state index contributed by atoms with van der Waals surface area (Å²) in [5.74, 6) is -0.0690. The Kier molecular flexibility index (Phi) is 4.70. The van der Waals surface area contributed by atoms with Gasteiger partial charge in [0.25, 0.3) is 5.91 Å². The number of hydrazine groups is 1. The summed E-state index contributed by atoms with van der Waals surface area (Å²) < 4.78 is 5.20. The number of hydrogen-bond donors (Lipinski definition) is 3. The third-order valence-electron chi connectivity index (χ3n) is 4.01. The van der Waals surface area contributed by atoms with Crippen molar-refractivity contribution in [1.29, 1.82) is 0 Å².